The molecule has 0 spiro atoms. The smallest absolute Gasteiger partial charge is 0.229 e. The standard InChI is InChI=1S/C18H18ClFN6/c1-11(2)26-10-13(8-22-26)24-18-21-9-15(19)17(25-18)23-12(3)14-6-4-5-7-16(14)20/h4-11H,3H2,1-2H3,(H2,21,23,24,25). The molecule has 3 aromatic rings. The highest BCUT2D eigenvalue weighted by atomic mass is 35.5. The lowest BCUT2D eigenvalue weighted by molar-refractivity contribution is 0.532. The molecule has 0 fully saturated rings. The molecule has 2 aromatic heterocycles. The van der Waals surface area contributed by atoms with Gasteiger partial charge < -0.3 is 10.6 Å². The zero-order chi connectivity index (χ0) is 18.7. The fourth-order valence-electron chi connectivity index (χ4n) is 2.25. The van der Waals surface area contributed by atoms with Crippen LogP contribution in [0.15, 0.2) is 42.9 Å². The van der Waals surface area contributed by atoms with E-state index in [0.29, 0.717) is 28.4 Å². The lowest BCUT2D eigenvalue weighted by atomic mass is 10.1. The van der Waals surface area contributed by atoms with Crippen LogP contribution >= 0.6 is 11.6 Å². The third-order valence-electron chi connectivity index (χ3n) is 3.60. The number of aromatic nitrogens is 4. The Morgan fingerprint density at radius 2 is 2.04 bits per heavy atom. The van der Waals surface area contributed by atoms with Crippen LogP contribution in [-0.4, -0.2) is 19.7 Å². The molecule has 0 aliphatic rings. The van der Waals surface area contributed by atoms with Crippen LogP contribution in [0.25, 0.3) is 0 Å². The van der Waals surface area contributed by atoms with Crippen molar-refractivity contribution in [2.24, 2.45) is 0 Å². The molecule has 1 aromatic carbocycles. The molecule has 26 heavy (non-hydrogen) atoms. The third kappa shape index (κ3) is 4.11. The molecular weight excluding hydrogens is 355 g/mol. The average molecular weight is 373 g/mol. The Balaban J connectivity index is 1.78. The number of anilines is 3. The van der Waals surface area contributed by atoms with Crippen LogP contribution in [0.2, 0.25) is 5.02 Å². The number of hydrogen-bond donors (Lipinski definition) is 2. The Hall–Kier alpha value is -2.67. The predicted molar refractivity (Wildman–Crippen MR) is 101 cm³/mol. The maximum Gasteiger partial charge on any atom is 0.229 e. The summed E-state index contributed by atoms with van der Waals surface area (Å²) in [5.74, 6) is 0.282. The summed E-state index contributed by atoms with van der Waals surface area (Å²) in [5, 5.41) is 10.5. The first-order valence-corrected chi connectivity index (χ1v) is 8.36. The maximum atomic E-state index is 13.9. The molecule has 134 valence electrons. The Bertz CT molecular complexity index is 895. The van der Waals surface area contributed by atoms with E-state index in [-0.39, 0.29) is 11.9 Å². The first-order valence-electron chi connectivity index (χ1n) is 7.98. The summed E-state index contributed by atoms with van der Waals surface area (Å²) in [6.45, 7) is 7.92. The van der Waals surface area contributed by atoms with Crippen molar-refractivity contribution in [1.29, 1.82) is 0 Å². The topological polar surface area (TPSA) is 67.7 Å². The van der Waals surface area contributed by atoms with Crippen LogP contribution in [0.4, 0.5) is 21.8 Å². The van der Waals surface area contributed by atoms with Crippen LogP contribution in [0, 0.1) is 18.8 Å². The summed E-state index contributed by atoms with van der Waals surface area (Å²) in [6, 6.07) is 6.93. The zero-order valence-corrected chi connectivity index (χ0v) is 15.1. The van der Waals surface area contributed by atoms with E-state index in [1.807, 2.05) is 24.7 Å². The van der Waals surface area contributed by atoms with Gasteiger partial charge in [0.2, 0.25) is 5.95 Å². The van der Waals surface area contributed by atoms with E-state index in [9.17, 15) is 4.39 Å². The molecule has 2 radical (unpaired) electrons. The fourth-order valence-corrected chi connectivity index (χ4v) is 2.38. The summed E-state index contributed by atoms with van der Waals surface area (Å²) < 4.78 is 15.7. The molecular formula is C18H18ClFN6. The van der Waals surface area contributed by atoms with Gasteiger partial charge in [-0.2, -0.15) is 10.1 Å². The first-order chi connectivity index (χ1) is 12.4. The quantitative estimate of drug-likeness (QED) is 0.661. The molecule has 0 unspecified atom stereocenters. The van der Waals surface area contributed by atoms with Crippen molar-refractivity contribution in [3.63, 3.8) is 0 Å². The highest BCUT2D eigenvalue weighted by molar-refractivity contribution is 6.32. The van der Waals surface area contributed by atoms with Crippen LogP contribution < -0.4 is 10.6 Å². The van der Waals surface area contributed by atoms with E-state index in [2.05, 4.69) is 32.6 Å². The lowest BCUT2D eigenvalue weighted by Gasteiger charge is -2.16. The molecule has 0 amide bonds. The first kappa shape index (κ1) is 18.1. The Morgan fingerprint density at radius 1 is 1.27 bits per heavy atom. The zero-order valence-electron chi connectivity index (χ0n) is 14.4. The number of nitrogens with one attached hydrogen (secondary N) is 2. The van der Waals surface area contributed by atoms with Gasteiger partial charge >= 0.3 is 0 Å². The lowest BCUT2D eigenvalue weighted by Crippen LogP contribution is -2.12. The van der Waals surface area contributed by atoms with Crippen LogP contribution in [-0.2, 0) is 0 Å². The normalized spacial score (nSPS) is 11.2. The molecule has 0 atom stereocenters. The van der Waals surface area contributed by atoms with Crippen LogP contribution in [0.5, 0.6) is 0 Å². The minimum Gasteiger partial charge on any atom is -0.356 e. The van der Waals surface area contributed by atoms with Gasteiger partial charge in [-0.25, -0.2) is 9.37 Å². The minimum atomic E-state index is -0.380. The van der Waals surface area contributed by atoms with Gasteiger partial charge in [0.1, 0.15) is 10.8 Å². The van der Waals surface area contributed by atoms with E-state index in [1.54, 1.807) is 24.4 Å². The second-order valence-corrected chi connectivity index (χ2v) is 6.31. The van der Waals surface area contributed by atoms with Crippen molar-refractivity contribution in [3.05, 3.63) is 72.2 Å². The molecule has 8 heteroatoms. The number of nitrogens with zero attached hydrogens (tertiary/aromatic N) is 4. The van der Waals surface area contributed by atoms with Crippen LogP contribution in [0.3, 0.4) is 0 Å². The maximum absolute atomic E-state index is 13.9. The number of halogens is 2. The van der Waals surface area contributed by atoms with Crippen molar-refractivity contribution in [2.45, 2.75) is 19.9 Å². The van der Waals surface area contributed by atoms with E-state index in [0.717, 1.165) is 5.69 Å². The second-order valence-electron chi connectivity index (χ2n) is 5.90. The Labute approximate surface area is 156 Å². The molecule has 2 heterocycles. The monoisotopic (exact) mass is 372 g/mol. The fraction of sp³-hybridized carbons (Fsp3) is 0.167. The predicted octanol–water partition coefficient (Wildman–Crippen LogP) is 4.62. The Kier molecular flexibility index (Phi) is 5.37. The SMILES string of the molecule is [CH2][C](Nc1nc(Nc2cnn(C(C)C)c2)ncc1Cl)c1ccccc1F. The molecule has 0 saturated heterocycles. The molecule has 0 saturated carbocycles. The van der Waals surface area contributed by atoms with E-state index in [1.165, 1.54) is 12.3 Å². The van der Waals surface area contributed by atoms with Crippen molar-refractivity contribution in [3.8, 4) is 0 Å². The summed E-state index contributed by atoms with van der Waals surface area (Å²) >= 11 is 6.15. The number of rotatable bonds is 6. The van der Waals surface area contributed by atoms with Crippen molar-refractivity contribution >= 4 is 29.1 Å². The molecule has 0 aliphatic heterocycles. The summed E-state index contributed by atoms with van der Waals surface area (Å²) in [6.07, 6.45) is 5.00. The van der Waals surface area contributed by atoms with E-state index >= 15 is 0 Å². The molecule has 0 bridgehead atoms. The number of benzene rings is 1. The van der Waals surface area contributed by atoms with Gasteiger partial charge in [-0.15, -0.1) is 0 Å². The summed E-state index contributed by atoms with van der Waals surface area (Å²) in [5.41, 5.74) is 1.09. The molecule has 3 rings (SSSR count). The van der Waals surface area contributed by atoms with Crippen LogP contribution in [0.1, 0.15) is 25.5 Å². The van der Waals surface area contributed by atoms with Gasteiger partial charge in [0, 0.05) is 17.8 Å². The second kappa shape index (κ2) is 7.70. The average Bonchev–Trinajstić information content (AvgIpc) is 3.07. The van der Waals surface area contributed by atoms with Gasteiger partial charge in [-0.05, 0) is 26.8 Å². The van der Waals surface area contributed by atoms with Crippen molar-refractivity contribution in [2.75, 3.05) is 10.6 Å². The van der Waals surface area contributed by atoms with E-state index in [4.69, 9.17) is 11.6 Å². The molecule has 6 nitrogen and oxygen atoms in total. The van der Waals surface area contributed by atoms with E-state index < -0.39 is 0 Å². The highest BCUT2D eigenvalue weighted by Crippen LogP contribution is 2.26. The van der Waals surface area contributed by atoms with Gasteiger partial charge in [0.15, 0.2) is 5.82 Å². The molecule has 0 aliphatic carbocycles. The van der Waals surface area contributed by atoms with Gasteiger partial charge in [0.25, 0.3) is 0 Å². The highest BCUT2D eigenvalue weighted by Gasteiger charge is 2.15. The van der Waals surface area contributed by atoms with Gasteiger partial charge in [0.05, 0.1) is 24.1 Å². The van der Waals surface area contributed by atoms with Gasteiger partial charge in [-0.3, -0.25) is 4.68 Å². The Morgan fingerprint density at radius 3 is 2.73 bits per heavy atom. The van der Waals surface area contributed by atoms with Crippen molar-refractivity contribution in [1.82, 2.24) is 19.7 Å². The third-order valence-corrected chi connectivity index (χ3v) is 3.88. The van der Waals surface area contributed by atoms with Gasteiger partial charge in [-0.1, -0.05) is 29.8 Å². The molecule has 2 N–H and O–H groups in total. The minimum absolute atomic E-state index is 0.248. The number of hydrogen-bond acceptors (Lipinski definition) is 5. The summed E-state index contributed by atoms with van der Waals surface area (Å²) in [7, 11) is 0. The largest absolute Gasteiger partial charge is 0.356 e. The summed E-state index contributed by atoms with van der Waals surface area (Å²) in [4.78, 5) is 8.48. The van der Waals surface area contributed by atoms with Crippen molar-refractivity contribution < 1.29 is 4.39 Å².